The van der Waals surface area contributed by atoms with Gasteiger partial charge in [0.2, 0.25) is 12.3 Å². The molecule has 130 valence electrons. The SMILES string of the molecule is CC(C)CC(CN(C)C)NC(=O)Nc1cccc(-c2nnco2)c1. The van der Waals surface area contributed by atoms with Crippen LogP contribution in [0.15, 0.2) is 35.1 Å². The Balaban J connectivity index is 1.99. The summed E-state index contributed by atoms with van der Waals surface area (Å²) in [6.45, 7) is 5.10. The molecule has 0 aliphatic carbocycles. The summed E-state index contributed by atoms with van der Waals surface area (Å²) in [5.74, 6) is 0.931. The van der Waals surface area contributed by atoms with Crippen molar-refractivity contribution in [2.75, 3.05) is 26.0 Å². The summed E-state index contributed by atoms with van der Waals surface area (Å²) in [6, 6.07) is 7.19. The molecular formula is C17H25N5O2. The number of urea groups is 1. The van der Waals surface area contributed by atoms with Crippen LogP contribution in [0.2, 0.25) is 0 Å². The first-order valence-electron chi connectivity index (χ1n) is 8.03. The Bertz CT molecular complexity index is 630. The number of nitrogens with one attached hydrogen (secondary N) is 2. The van der Waals surface area contributed by atoms with Crippen LogP contribution in [0.3, 0.4) is 0 Å². The van der Waals surface area contributed by atoms with E-state index in [1.54, 1.807) is 6.07 Å². The zero-order chi connectivity index (χ0) is 17.5. The molecule has 0 aliphatic heterocycles. The predicted molar refractivity (Wildman–Crippen MR) is 93.7 cm³/mol. The lowest BCUT2D eigenvalue weighted by Crippen LogP contribution is -2.44. The van der Waals surface area contributed by atoms with Gasteiger partial charge >= 0.3 is 6.03 Å². The highest BCUT2D eigenvalue weighted by molar-refractivity contribution is 5.90. The fourth-order valence-electron chi connectivity index (χ4n) is 2.57. The zero-order valence-corrected chi connectivity index (χ0v) is 14.6. The number of likely N-dealkylation sites (N-methyl/N-ethyl adjacent to an activating group) is 1. The van der Waals surface area contributed by atoms with Gasteiger partial charge in [-0.3, -0.25) is 0 Å². The van der Waals surface area contributed by atoms with E-state index in [4.69, 9.17) is 4.42 Å². The second-order valence-corrected chi connectivity index (χ2v) is 6.51. The molecule has 2 N–H and O–H groups in total. The first-order valence-corrected chi connectivity index (χ1v) is 8.03. The van der Waals surface area contributed by atoms with E-state index in [0.29, 0.717) is 17.5 Å². The number of benzene rings is 1. The first-order chi connectivity index (χ1) is 11.4. The highest BCUT2D eigenvalue weighted by atomic mass is 16.4. The number of carbonyl (C=O) groups is 1. The summed E-state index contributed by atoms with van der Waals surface area (Å²) in [5, 5.41) is 13.4. The number of rotatable bonds is 7. The van der Waals surface area contributed by atoms with Crippen molar-refractivity contribution in [3.05, 3.63) is 30.7 Å². The highest BCUT2D eigenvalue weighted by Gasteiger charge is 2.15. The molecule has 7 heteroatoms. The molecule has 0 bridgehead atoms. The van der Waals surface area contributed by atoms with E-state index < -0.39 is 0 Å². The fraction of sp³-hybridized carbons (Fsp3) is 0.471. The lowest BCUT2D eigenvalue weighted by molar-refractivity contribution is 0.240. The Morgan fingerprint density at radius 1 is 1.33 bits per heavy atom. The molecule has 0 radical (unpaired) electrons. The molecule has 0 saturated carbocycles. The quantitative estimate of drug-likeness (QED) is 0.815. The smallest absolute Gasteiger partial charge is 0.319 e. The average molecular weight is 331 g/mol. The number of hydrogen-bond donors (Lipinski definition) is 2. The number of nitrogens with zero attached hydrogens (tertiary/aromatic N) is 3. The molecule has 0 spiro atoms. The lowest BCUT2D eigenvalue weighted by atomic mass is 10.0. The molecule has 2 amide bonds. The summed E-state index contributed by atoms with van der Waals surface area (Å²) in [6.07, 6.45) is 2.20. The fourth-order valence-corrected chi connectivity index (χ4v) is 2.57. The Morgan fingerprint density at radius 3 is 2.75 bits per heavy atom. The molecule has 1 aromatic heterocycles. The van der Waals surface area contributed by atoms with Gasteiger partial charge in [0.15, 0.2) is 0 Å². The first kappa shape index (κ1) is 17.9. The Morgan fingerprint density at radius 2 is 2.12 bits per heavy atom. The van der Waals surface area contributed by atoms with Gasteiger partial charge in [-0.1, -0.05) is 19.9 Å². The van der Waals surface area contributed by atoms with Crippen molar-refractivity contribution in [2.24, 2.45) is 5.92 Å². The normalized spacial score (nSPS) is 12.4. The van der Waals surface area contributed by atoms with Crippen LogP contribution in [0.4, 0.5) is 10.5 Å². The largest absolute Gasteiger partial charge is 0.423 e. The highest BCUT2D eigenvalue weighted by Crippen LogP contribution is 2.20. The third-order valence-electron chi connectivity index (χ3n) is 3.40. The van der Waals surface area contributed by atoms with Crippen LogP contribution in [0.1, 0.15) is 20.3 Å². The van der Waals surface area contributed by atoms with Crippen molar-refractivity contribution in [1.82, 2.24) is 20.4 Å². The zero-order valence-electron chi connectivity index (χ0n) is 14.6. The van der Waals surface area contributed by atoms with E-state index >= 15 is 0 Å². The topological polar surface area (TPSA) is 83.3 Å². The standard InChI is InChI=1S/C17H25N5O2/c1-12(2)8-15(10-22(3)4)20-17(23)19-14-7-5-6-13(9-14)16-21-18-11-24-16/h5-7,9,11-12,15H,8,10H2,1-4H3,(H2,19,20,23). The summed E-state index contributed by atoms with van der Waals surface area (Å²) in [4.78, 5) is 14.4. The Kier molecular flexibility index (Phi) is 6.31. The molecule has 0 aliphatic rings. The van der Waals surface area contributed by atoms with Crippen LogP contribution in [-0.2, 0) is 0 Å². The summed E-state index contributed by atoms with van der Waals surface area (Å²) in [7, 11) is 4.00. The van der Waals surface area contributed by atoms with Gasteiger partial charge in [-0.2, -0.15) is 0 Å². The minimum Gasteiger partial charge on any atom is -0.423 e. The van der Waals surface area contributed by atoms with Crippen LogP contribution in [0.25, 0.3) is 11.5 Å². The number of carbonyl (C=O) groups excluding carboxylic acids is 1. The van der Waals surface area contributed by atoms with Crippen LogP contribution < -0.4 is 10.6 Å². The molecular weight excluding hydrogens is 306 g/mol. The van der Waals surface area contributed by atoms with Gasteiger partial charge < -0.3 is 20.0 Å². The molecule has 24 heavy (non-hydrogen) atoms. The van der Waals surface area contributed by atoms with Gasteiger partial charge in [0.25, 0.3) is 0 Å². The lowest BCUT2D eigenvalue weighted by Gasteiger charge is -2.24. The van der Waals surface area contributed by atoms with Crippen molar-refractivity contribution in [1.29, 1.82) is 0 Å². The van der Waals surface area contributed by atoms with Crippen LogP contribution in [-0.4, -0.2) is 47.8 Å². The van der Waals surface area contributed by atoms with Crippen molar-refractivity contribution in [3.63, 3.8) is 0 Å². The van der Waals surface area contributed by atoms with Crippen molar-refractivity contribution in [2.45, 2.75) is 26.3 Å². The maximum atomic E-state index is 12.3. The second-order valence-electron chi connectivity index (χ2n) is 6.51. The van der Waals surface area contributed by atoms with Crippen molar-refractivity contribution < 1.29 is 9.21 Å². The minimum atomic E-state index is -0.217. The molecule has 2 rings (SSSR count). The third-order valence-corrected chi connectivity index (χ3v) is 3.40. The number of amides is 2. The molecule has 0 saturated heterocycles. The number of hydrogen-bond acceptors (Lipinski definition) is 5. The van der Waals surface area contributed by atoms with Crippen LogP contribution in [0, 0.1) is 5.92 Å². The maximum absolute atomic E-state index is 12.3. The molecule has 0 fully saturated rings. The van der Waals surface area contributed by atoms with Crippen molar-refractivity contribution in [3.8, 4) is 11.5 Å². The van der Waals surface area contributed by atoms with Gasteiger partial charge in [0, 0.05) is 23.8 Å². The summed E-state index contributed by atoms with van der Waals surface area (Å²) in [5.41, 5.74) is 1.44. The minimum absolute atomic E-state index is 0.0964. The molecule has 1 unspecified atom stereocenters. The molecule has 2 aromatic rings. The monoisotopic (exact) mass is 331 g/mol. The Labute approximate surface area is 142 Å². The third kappa shape index (κ3) is 5.66. The second kappa shape index (κ2) is 8.44. The van der Waals surface area contributed by atoms with Gasteiger partial charge in [0.05, 0.1) is 0 Å². The Hall–Kier alpha value is -2.41. The molecule has 7 nitrogen and oxygen atoms in total. The van der Waals surface area contributed by atoms with E-state index in [2.05, 4.69) is 39.6 Å². The molecule has 1 aromatic carbocycles. The summed E-state index contributed by atoms with van der Waals surface area (Å²) < 4.78 is 5.18. The van der Waals surface area contributed by atoms with Gasteiger partial charge in [-0.25, -0.2) is 4.79 Å². The van der Waals surface area contributed by atoms with E-state index in [0.717, 1.165) is 18.5 Å². The number of aromatic nitrogens is 2. The predicted octanol–water partition coefficient (Wildman–Crippen LogP) is 2.83. The van der Waals surface area contributed by atoms with Gasteiger partial charge in [-0.15, -0.1) is 10.2 Å². The van der Waals surface area contributed by atoms with Crippen LogP contribution in [0.5, 0.6) is 0 Å². The van der Waals surface area contributed by atoms with E-state index in [9.17, 15) is 4.79 Å². The maximum Gasteiger partial charge on any atom is 0.319 e. The molecule has 1 heterocycles. The van der Waals surface area contributed by atoms with Crippen molar-refractivity contribution >= 4 is 11.7 Å². The summed E-state index contributed by atoms with van der Waals surface area (Å²) >= 11 is 0. The van der Waals surface area contributed by atoms with E-state index in [-0.39, 0.29) is 12.1 Å². The van der Waals surface area contributed by atoms with Gasteiger partial charge in [-0.05, 0) is 44.6 Å². The van der Waals surface area contributed by atoms with Gasteiger partial charge in [0.1, 0.15) is 0 Å². The van der Waals surface area contributed by atoms with E-state index in [1.807, 2.05) is 32.3 Å². The van der Waals surface area contributed by atoms with Crippen LogP contribution >= 0.6 is 0 Å². The molecule has 1 atom stereocenters. The van der Waals surface area contributed by atoms with E-state index in [1.165, 1.54) is 6.39 Å². The average Bonchev–Trinajstić information content (AvgIpc) is 3.00. The number of anilines is 1.